The number of alkyl halides is 3. The summed E-state index contributed by atoms with van der Waals surface area (Å²) < 4.78 is 38.3. The molecule has 0 saturated carbocycles. The first-order valence-corrected chi connectivity index (χ1v) is 5.72. The lowest BCUT2D eigenvalue weighted by atomic mass is 10.2. The molecule has 0 aromatic rings. The average molecular weight is 249 g/mol. The van der Waals surface area contributed by atoms with Crippen molar-refractivity contribution in [2.24, 2.45) is 4.99 Å². The quantitative estimate of drug-likeness (QED) is 0.600. The van der Waals surface area contributed by atoms with Gasteiger partial charge in [-0.25, -0.2) is 0 Å². The summed E-state index contributed by atoms with van der Waals surface area (Å²) in [4.78, 5) is 4.66. The Morgan fingerprint density at radius 2 is 2.24 bits per heavy atom. The minimum atomic E-state index is -4.39. The SMILES string of the molecule is CCCC=C1CNCCN1C(=NC)C(F)(F)F. The number of nitrogens with one attached hydrogen (secondary N) is 1. The van der Waals surface area contributed by atoms with Crippen LogP contribution in [0.4, 0.5) is 13.2 Å². The van der Waals surface area contributed by atoms with Crippen LogP contribution in [0.25, 0.3) is 0 Å². The maximum atomic E-state index is 12.8. The Balaban J connectivity index is 2.91. The summed E-state index contributed by atoms with van der Waals surface area (Å²) in [6.45, 7) is 3.31. The van der Waals surface area contributed by atoms with Crippen LogP contribution in [0.15, 0.2) is 16.8 Å². The Morgan fingerprint density at radius 3 is 2.76 bits per heavy atom. The van der Waals surface area contributed by atoms with E-state index >= 15 is 0 Å². The first-order valence-electron chi connectivity index (χ1n) is 5.72. The number of allylic oxidation sites excluding steroid dienone is 1. The molecule has 1 heterocycles. The van der Waals surface area contributed by atoms with E-state index in [1.165, 1.54) is 11.9 Å². The third-order valence-electron chi connectivity index (χ3n) is 2.55. The fourth-order valence-electron chi connectivity index (χ4n) is 1.78. The van der Waals surface area contributed by atoms with Crippen molar-refractivity contribution in [2.75, 3.05) is 26.7 Å². The van der Waals surface area contributed by atoms with Crippen LogP contribution in [0.1, 0.15) is 19.8 Å². The van der Waals surface area contributed by atoms with Crippen LogP contribution in [-0.2, 0) is 0 Å². The van der Waals surface area contributed by atoms with Crippen LogP contribution >= 0.6 is 0 Å². The number of piperazine rings is 1. The van der Waals surface area contributed by atoms with Gasteiger partial charge in [-0.2, -0.15) is 13.2 Å². The number of nitrogens with zero attached hydrogens (tertiary/aromatic N) is 2. The van der Waals surface area contributed by atoms with Gasteiger partial charge in [0.05, 0.1) is 0 Å². The second-order valence-electron chi connectivity index (χ2n) is 3.86. The van der Waals surface area contributed by atoms with Crippen molar-refractivity contribution < 1.29 is 13.2 Å². The van der Waals surface area contributed by atoms with E-state index in [9.17, 15) is 13.2 Å². The predicted octanol–water partition coefficient (Wildman–Crippen LogP) is 2.17. The van der Waals surface area contributed by atoms with Crippen LogP contribution in [-0.4, -0.2) is 43.6 Å². The van der Waals surface area contributed by atoms with E-state index in [1.807, 2.05) is 13.0 Å². The highest BCUT2D eigenvalue weighted by molar-refractivity contribution is 5.89. The molecule has 0 unspecified atom stereocenters. The lowest BCUT2D eigenvalue weighted by Crippen LogP contribution is -2.49. The van der Waals surface area contributed by atoms with E-state index in [0.29, 0.717) is 25.3 Å². The van der Waals surface area contributed by atoms with Crippen molar-refractivity contribution in [1.82, 2.24) is 10.2 Å². The van der Waals surface area contributed by atoms with Gasteiger partial charge in [0.1, 0.15) is 0 Å². The number of aliphatic imine (C=N–C) groups is 1. The van der Waals surface area contributed by atoms with E-state index in [1.54, 1.807) is 0 Å². The van der Waals surface area contributed by atoms with Crippen LogP contribution < -0.4 is 5.32 Å². The van der Waals surface area contributed by atoms with Crippen LogP contribution in [0.5, 0.6) is 0 Å². The standard InChI is InChI=1S/C11H18F3N3/c1-3-4-5-9-8-16-6-7-17(9)10(15-2)11(12,13)14/h5,16H,3-4,6-8H2,1-2H3. The zero-order chi connectivity index (χ0) is 12.9. The maximum absolute atomic E-state index is 12.8. The highest BCUT2D eigenvalue weighted by Gasteiger charge is 2.40. The molecule has 0 amide bonds. The molecule has 3 nitrogen and oxygen atoms in total. The third kappa shape index (κ3) is 3.73. The van der Waals surface area contributed by atoms with Gasteiger partial charge < -0.3 is 10.2 Å². The zero-order valence-electron chi connectivity index (χ0n) is 10.1. The Bertz CT molecular complexity index is 308. The molecule has 1 aliphatic rings. The predicted molar refractivity (Wildman–Crippen MR) is 62.0 cm³/mol. The van der Waals surface area contributed by atoms with Crippen molar-refractivity contribution >= 4 is 5.84 Å². The van der Waals surface area contributed by atoms with Gasteiger partial charge in [0, 0.05) is 32.4 Å². The molecule has 1 N–H and O–H groups in total. The van der Waals surface area contributed by atoms with Gasteiger partial charge in [-0.05, 0) is 6.42 Å². The van der Waals surface area contributed by atoms with Crippen LogP contribution in [0, 0.1) is 0 Å². The molecule has 0 radical (unpaired) electrons. The van der Waals surface area contributed by atoms with Crippen molar-refractivity contribution in [3.05, 3.63) is 11.8 Å². The normalized spacial score (nSPS) is 21.1. The molecule has 0 spiro atoms. The summed E-state index contributed by atoms with van der Waals surface area (Å²) in [5, 5.41) is 3.07. The molecule has 1 aliphatic heterocycles. The van der Waals surface area contributed by atoms with Crippen molar-refractivity contribution in [2.45, 2.75) is 25.9 Å². The fraction of sp³-hybridized carbons (Fsp3) is 0.727. The van der Waals surface area contributed by atoms with Gasteiger partial charge in [0.15, 0.2) is 0 Å². The highest BCUT2D eigenvalue weighted by atomic mass is 19.4. The van der Waals surface area contributed by atoms with Gasteiger partial charge in [0.2, 0.25) is 5.84 Å². The average Bonchev–Trinajstić information content (AvgIpc) is 2.27. The minimum absolute atomic E-state index is 0.307. The van der Waals surface area contributed by atoms with Crippen LogP contribution in [0.3, 0.4) is 0 Å². The third-order valence-corrected chi connectivity index (χ3v) is 2.55. The molecule has 0 bridgehead atoms. The summed E-state index contributed by atoms with van der Waals surface area (Å²) in [5.74, 6) is -0.804. The molecular formula is C11H18F3N3. The number of amidine groups is 1. The van der Waals surface area contributed by atoms with E-state index in [4.69, 9.17) is 0 Å². The van der Waals surface area contributed by atoms with Crippen molar-refractivity contribution in [3.8, 4) is 0 Å². The van der Waals surface area contributed by atoms with Gasteiger partial charge in [-0.1, -0.05) is 19.4 Å². The highest BCUT2D eigenvalue weighted by Crippen LogP contribution is 2.23. The Labute approximate surface area is 99.4 Å². The minimum Gasteiger partial charge on any atom is -0.324 e. The molecule has 0 aromatic heterocycles. The Hall–Kier alpha value is -1.04. The number of hydrogen-bond donors (Lipinski definition) is 1. The monoisotopic (exact) mass is 249 g/mol. The molecule has 17 heavy (non-hydrogen) atoms. The largest absolute Gasteiger partial charge is 0.449 e. The second kappa shape index (κ2) is 6.05. The molecule has 1 fully saturated rings. The number of rotatable bonds is 2. The molecule has 0 atom stereocenters. The van der Waals surface area contributed by atoms with E-state index in [2.05, 4.69) is 10.3 Å². The fourth-order valence-corrected chi connectivity index (χ4v) is 1.78. The molecule has 0 aromatic carbocycles. The summed E-state index contributed by atoms with van der Waals surface area (Å²) in [6, 6.07) is 0. The number of unbranched alkanes of at least 4 members (excludes halogenated alkanes) is 1. The summed E-state index contributed by atoms with van der Waals surface area (Å²) in [5.41, 5.74) is 0.663. The maximum Gasteiger partial charge on any atom is 0.449 e. The van der Waals surface area contributed by atoms with E-state index in [-0.39, 0.29) is 0 Å². The molecule has 6 heteroatoms. The van der Waals surface area contributed by atoms with Gasteiger partial charge in [-0.15, -0.1) is 0 Å². The summed E-state index contributed by atoms with van der Waals surface area (Å²) in [6.07, 6.45) is -0.842. The molecular weight excluding hydrogens is 231 g/mol. The topological polar surface area (TPSA) is 27.6 Å². The first kappa shape index (κ1) is 14.0. The first-order chi connectivity index (χ1) is 8.00. The molecule has 1 rings (SSSR count). The van der Waals surface area contributed by atoms with Crippen LogP contribution in [0.2, 0.25) is 0 Å². The lowest BCUT2D eigenvalue weighted by Gasteiger charge is -2.33. The molecule has 1 saturated heterocycles. The molecule has 98 valence electrons. The van der Waals surface area contributed by atoms with Gasteiger partial charge >= 0.3 is 6.18 Å². The number of halogens is 3. The van der Waals surface area contributed by atoms with Gasteiger partial charge in [0.25, 0.3) is 0 Å². The van der Waals surface area contributed by atoms with E-state index in [0.717, 1.165) is 12.8 Å². The van der Waals surface area contributed by atoms with Crippen molar-refractivity contribution in [1.29, 1.82) is 0 Å². The second-order valence-corrected chi connectivity index (χ2v) is 3.86. The molecule has 0 aliphatic carbocycles. The number of hydrogen-bond acceptors (Lipinski definition) is 2. The zero-order valence-corrected chi connectivity index (χ0v) is 10.1. The van der Waals surface area contributed by atoms with E-state index < -0.39 is 12.0 Å². The lowest BCUT2D eigenvalue weighted by molar-refractivity contribution is -0.0679. The smallest absolute Gasteiger partial charge is 0.324 e. The van der Waals surface area contributed by atoms with Crippen molar-refractivity contribution in [3.63, 3.8) is 0 Å². The van der Waals surface area contributed by atoms with Gasteiger partial charge in [-0.3, -0.25) is 4.99 Å². The summed E-state index contributed by atoms with van der Waals surface area (Å²) >= 11 is 0. The Morgan fingerprint density at radius 1 is 1.53 bits per heavy atom. The Kier molecular flexibility index (Phi) is 4.99. The summed E-state index contributed by atoms with van der Waals surface area (Å²) in [7, 11) is 1.18.